The van der Waals surface area contributed by atoms with Crippen molar-refractivity contribution < 1.29 is 9.59 Å². The number of piperidine rings is 1. The fourth-order valence-electron chi connectivity index (χ4n) is 4.13. The van der Waals surface area contributed by atoms with Crippen molar-refractivity contribution in [1.29, 1.82) is 0 Å². The van der Waals surface area contributed by atoms with Crippen LogP contribution in [0.15, 0.2) is 24.3 Å². The number of hydrogen-bond donors (Lipinski definition) is 0. The minimum absolute atomic E-state index is 0.0797. The number of nitrogens with zero attached hydrogens (tertiary/aromatic N) is 2. The molecule has 0 unspecified atom stereocenters. The van der Waals surface area contributed by atoms with Crippen LogP contribution in [-0.2, 0) is 0 Å². The van der Waals surface area contributed by atoms with Crippen LogP contribution in [0.3, 0.4) is 0 Å². The summed E-state index contributed by atoms with van der Waals surface area (Å²) in [6, 6.07) is 8.32. The van der Waals surface area contributed by atoms with Crippen LogP contribution in [0.2, 0.25) is 0 Å². The highest BCUT2D eigenvalue weighted by atomic mass is 16.2. The highest BCUT2D eigenvalue weighted by molar-refractivity contribution is 6.21. The largest absolute Gasteiger partial charge is 0.300 e. The van der Waals surface area contributed by atoms with Crippen molar-refractivity contribution in [2.75, 3.05) is 7.05 Å². The standard InChI is InChI=1S/C16H18N2O2/c1-17-10-6-7-11(17)9-12(8-10)18-15(19)13-4-2-3-5-14(13)16(18)20/h2-5,10-12H,6-9H2,1H3/t10-,11+,12+. The molecule has 0 spiro atoms. The van der Waals surface area contributed by atoms with Gasteiger partial charge in [0.05, 0.1) is 11.1 Å². The van der Waals surface area contributed by atoms with Crippen LogP contribution in [0.25, 0.3) is 0 Å². The van der Waals surface area contributed by atoms with E-state index in [0.717, 1.165) is 12.8 Å². The van der Waals surface area contributed by atoms with E-state index < -0.39 is 0 Å². The lowest BCUT2D eigenvalue weighted by molar-refractivity contribution is 0.0439. The molecule has 0 aromatic heterocycles. The van der Waals surface area contributed by atoms with Gasteiger partial charge < -0.3 is 4.90 Å². The Morgan fingerprint density at radius 2 is 1.40 bits per heavy atom. The summed E-state index contributed by atoms with van der Waals surface area (Å²) in [5.41, 5.74) is 1.15. The van der Waals surface area contributed by atoms with Gasteiger partial charge in [0.2, 0.25) is 0 Å². The van der Waals surface area contributed by atoms with E-state index in [2.05, 4.69) is 11.9 Å². The van der Waals surface area contributed by atoms with Gasteiger partial charge in [-0.25, -0.2) is 0 Å². The fraction of sp³-hybridized carbons (Fsp3) is 0.500. The van der Waals surface area contributed by atoms with Gasteiger partial charge in [-0.05, 0) is 44.9 Å². The van der Waals surface area contributed by atoms with Crippen molar-refractivity contribution in [2.45, 2.75) is 43.8 Å². The summed E-state index contributed by atoms with van der Waals surface area (Å²) in [4.78, 5) is 29.0. The summed E-state index contributed by atoms with van der Waals surface area (Å²) in [5, 5.41) is 0. The Hall–Kier alpha value is -1.68. The van der Waals surface area contributed by atoms with Crippen molar-refractivity contribution in [3.8, 4) is 0 Å². The van der Waals surface area contributed by atoms with Gasteiger partial charge in [0, 0.05) is 18.1 Å². The van der Waals surface area contributed by atoms with Gasteiger partial charge in [-0.15, -0.1) is 0 Å². The maximum absolute atomic E-state index is 12.5. The molecule has 4 heteroatoms. The first-order chi connectivity index (χ1) is 9.66. The summed E-state index contributed by atoms with van der Waals surface area (Å²) in [7, 11) is 2.17. The third-order valence-electron chi connectivity index (χ3n) is 5.26. The molecule has 2 fully saturated rings. The molecule has 4 nitrogen and oxygen atoms in total. The third kappa shape index (κ3) is 1.51. The maximum atomic E-state index is 12.5. The minimum atomic E-state index is -0.0976. The summed E-state index contributed by atoms with van der Waals surface area (Å²) >= 11 is 0. The predicted molar refractivity (Wildman–Crippen MR) is 74.5 cm³/mol. The van der Waals surface area contributed by atoms with Crippen LogP contribution in [0.5, 0.6) is 0 Å². The SMILES string of the molecule is CN1[C@@H]2CC[C@H]1C[C@@H](N1C(=O)c3ccccc3C1=O)C2. The molecule has 0 aliphatic carbocycles. The van der Waals surface area contributed by atoms with E-state index in [1.165, 1.54) is 17.7 Å². The smallest absolute Gasteiger partial charge is 0.261 e. The van der Waals surface area contributed by atoms with E-state index in [1.54, 1.807) is 12.1 Å². The summed E-state index contributed by atoms with van der Waals surface area (Å²) in [5.74, 6) is -0.195. The summed E-state index contributed by atoms with van der Waals surface area (Å²) in [6.07, 6.45) is 4.25. The number of rotatable bonds is 1. The lowest BCUT2D eigenvalue weighted by atomic mass is 9.96. The number of carbonyl (C=O) groups is 2. The molecule has 2 bridgehead atoms. The van der Waals surface area contributed by atoms with Gasteiger partial charge in [-0.2, -0.15) is 0 Å². The zero-order valence-electron chi connectivity index (χ0n) is 11.6. The van der Waals surface area contributed by atoms with Crippen LogP contribution >= 0.6 is 0 Å². The summed E-state index contributed by atoms with van der Waals surface area (Å²) < 4.78 is 0. The fourth-order valence-corrected chi connectivity index (χ4v) is 4.13. The molecule has 3 aliphatic heterocycles. The molecule has 0 saturated carbocycles. The van der Waals surface area contributed by atoms with E-state index in [1.807, 2.05) is 12.1 Å². The molecule has 4 rings (SSSR count). The minimum Gasteiger partial charge on any atom is -0.300 e. The predicted octanol–water partition coefficient (Wildman–Crippen LogP) is 1.91. The van der Waals surface area contributed by atoms with E-state index in [-0.39, 0.29) is 17.9 Å². The second-order valence-corrected chi connectivity index (χ2v) is 6.20. The van der Waals surface area contributed by atoms with Crippen LogP contribution in [0, 0.1) is 0 Å². The van der Waals surface area contributed by atoms with Crippen molar-refractivity contribution >= 4 is 11.8 Å². The summed E-state index contributed by atoms with van der Waals surface area (Å²) in [6.45, 7) is 0. The molecule has 0 radical (unpaired) electrons. The average molecular weight is 270 g/mol. The number of carbonyl (C=O) groups excluding carboxylic acids is 2. The van der Waals surface area contributed by atoms with Crippen LogP contribution in [0.1, 0.15) is 46.4 Å². The Balaban J connectivity index is 1.65. The van der Waals surface area contributed by atoms with Crippen LogP contribution < -0.4 is 0 Å². The van der Waals surface area contributed by atoms with Gasteiger partial charge in [0.25, 0.3) is 11.8 Å². The monoisotopic (exact) mass is 270 g/mol. The Kier molecular flexibility index (Phi) is 2.51. The lowest BCUT2D eigenvalue weighted by Gasteiger charge is -2.39. The lowest BCUT2D eigenvalue weighted by Crippen LogP contribution is -2.50. The molecule has 3 heterocycles. The Morgan fingerprint density at radius 3 is 1.90 bits per heavy atom. The molecule has 3 atom stereocenters. The number of fused-ring (bicyclic) bond motifs is 3. The molecule has 3 aliphatic rings. The quantitative estimate of drug-likeness (QED) is 0.732. The van der Waals surface area contributed by atoms with Gasteiger partial charge in [0.15, 0.2) is 0 Å². The van der Waals surface area contributed by atoms with E-state index in [9.17, 15) is 9.59 Å². The zero-order valence-corrected chi connectivity index (χ0v) is 11.6. The molecule has 2 amide bonds. The zero-order chi connectivity index (χ0) is 13.9. The van der Waals surface area contributed by atoms with Crippen molar-refractivity contribution in [3.05, 3.63) is 35.4 Å². The molecule has 104 valence electrons. The van der Waals surface area contributed by atoms with Gasteiger partial charge in [-0.3, -0.25) is 14.5 Å². The first kappa shape index (κ1) is 12.1. The third-order valence-corrected chi connectivity index (χ3v) is 5.26. The van der Waals surface area contributed by atoms with Crippen molar-refractivity contribution in [3.63, 3.8) is 0 Å². The molecular weight excluding hydrogens is 252 g/mol. The van der Waals surface area contributed by atoms with Gasteiger partial charge in [-0.1, -0.05) is 12.1 Å². The molecule has 1 aromatic carbocycles. The molecular formula is C16H18N2O2. The first-order valence-electron chi connectivity index (χ1n) is 7.35. The molecule has 1 aromatic rings. The van der Waals surface area contributed by atoms with Gasteiger partial charge in [0.1, 0.15) is 0 Å². The Bertz CT molecular complexity index is 549. The molecule has 20 heavy (non-hydrogen) atoms. The second kappa shape index (κ2) is 4.16. The van der Waals surface area contributed by atoms with E-state index in [0.29, 0.717) is 23.2 Å². The second-order valence-electron chi connectivity index (χ2n) is 6.20. The number of hydrogen-bond acceptors (Lipinski definition) is 3. The highest BCUT2D eigenvalue weighted by Crippen LogP contribution is 2.38. The first-order valence-corrected chi connectivity index (χ1v) is 7.35. The Labute approximate surface area is 118 Å². The van der Waals surface area contributed by atoms with Crippen LogP contribution in [-0.4, -0.2) is 46.8 Å². The molecule has 0 N–H and O–H groups in total. The topological polar surface area (TPSA) is 40.6 Å². The molecule has 2 saturated heterocycles. The number of imide groups is 1. The highest BCUT2D eigenvalue weighted by Gasteiger charge is 2.46. The van der Waals surface area contributed by atoms with Crippen molar-refractivity contribution in [1.82, 2.24) is 9.80 Å². The van der Waals surface area contributed by atoms with Crippen LogP contribution in [0.4, 0.5) is 0 Å². The van der Waals surface area contributed by atoms with E-state index in [4.69, 9.17) is 0 Å². The average Bonchev–Trinajstić information content (AvgIpc) is 2.82. The normalized spacial score (nSPS) is 32.9. The number of amides is 2. The van der Waals surface area contributed by atoms with E-state index >= 15 is 0 Å². The van der Waals surface area contributed by atoms with Crippen molar-refractivity contribution in [2.24, 2.45) is 0 Å². The maximum Gasteiger partial charge on any atom is 0.261 e. The van der Waals surface area contributed by atoms with Gasteiger partial charge >= 0.3 is 0 Å². The number of benzene rings is 1. The Morgan fingerprint density at radius 1 is 0.900 bits per heavy atom.